The van der Waals surface area contributed by atoms with Gasteiger partial charge < -0.3 is 16.0 Å². The first-order valence-corrected chi connectivity index (χ1v) is 9.04. The molecule has 26 heavy (non-hydrogen) atoms. The molecule has 0 aliphatic carbocycles. The van der Waals surface area contributed by atoms with Gasteiger partial charge in [-0.3, -0.25) is 9.59 Å². The third-order valence-electron chi connectivity index (χ3n) is 4.56. The third-order valence-corrected chi connectivity index (χ3v) is 4.56. The normalized spacial score (nSPS) is 14.6. The predicted octanol–water partition coefficient (Wildman–Crippen LogP) is 3.05. The Morgan fingerprint density at radius 1 is 1.04 bits per heavy atom. The molecule has 6 heteroatoms. The van der Waals surface area contributed by atoms with Gasteiger partial charge in [0.05, 0.1) is 11.9 Å². The maximum Gasteiger partial charge on any atom is 0.256 e. The molecule has 2 aromatic rings. The van der Waals surface area contributed by atoms with E-state index in [1.807, 2.05) is 18.2 Å². The second kappa shape index (κ2) is 9.10. The molecule has 1 aromatic heterocycles. The highest BCUT2D eigenvalue weighted by Gasteiger charge is 2.14. The molecule has 3 N–H and O–H groups in total. The van der Waals surface area contributed by atoms with E-state index in [9.17, 15) is 9.59 Å². The van der Waals surface area contributed by atoms with Crippen molar-refractivity contribution >= 4 is 23.3 Å². The van der Waals surface area contributed by atoms with E-state index in [0.717, 1.165) is 32.4 Å². The average molecular weight is 352 g/mol. The molecule has 3 rings (SSSR count). The molecule has 1 aliphatic rings. The molecule has 1 aliphatic heterocycles. The van der Waals surface area contributed by atoms with Gasteiger partial charge in [0.2, 0.25) is 5.91 Å². The number of nitrogens with zero attached hydrogens (tertiary/aromatic N) is 1. The van der Waals surface area contributed by atoms with Crippen molar-refractivity contribution in [2.75, 3.05) is 23.7 Å². The van der Waals surface area contributed by atoms with Crippen LogP contribution in [-0.2, 0) is 4.79 Å². The summed E-state index contributed by atoms with van der Waals surface area (Å²) in [6.07, 6.45) is 5.29. The number of hydrogen-bond donors (Lipinski definition) is 3. The molecule has 2 heterocycles. The highest BCUT2D eigenvalue weighted by atomic mass is 16.2. The van der Waals surface area contributed by atoms with Gasteiger partial charge in [0.1, 0.15) is 5.82 Å². The number of pyridine rings is 1. The number of benzene rings is 1. The summed E-state index contributed by atoms with van der Waals surface area (Å²) in [6.45, 7) is 2.10. The number of anilines is 2. The number of carbonyl (C=O) groups is 2. The first-order valence-electron chi connectivity index (χ1n) is 9.04. The van der Waals surface area contributed by atoms with E-state index >= 15 is 0 Å². The lowest BCUT2D eigenvalue weighted by atomic mass is 9.93. The summed E-state index contributed by atoms with van der Waals surface area (Å²) in [7, 11) is 0. The van der Waals surface area contributed by atoms with E-state index in [0.29, 0.717) is 29.4 Å². The zero-order chi connectivity index (χ0) is 18.2. The van der Waals surface area contributed by atoms with Crippen LogP contribution in [-0.4, -0.2) is 29.9 Å². The molecule has 1 saturated heterocycles. The fourth-order valence-electron chi connectivity index (χ4n) is 3.05. The number of rotatable bonds is 6. The van der Waals surface area contributed by atoms with Crippen LogP contribution in [0.3, 0.4) is 0 Å². The Kier molecular flexibility index (Phi) is 6.33. The molecular formula is C20H24N4O2. The minimum Gasteiger partial charge on any atom is -0.325 e. The van der Waals surface area contributed by atoms with Crippen LogP contribution in [0.5, 0.6) is 0 Å². The van der Waals surface area contributed by atoms with Crippen LogP contribution in [0.4, 0.5) is 11.5 Å². The van der Waals surface area contributed by atoms with Crippen LogP contribution in [0.2, 0.25) is 0 Å². The largest absolute Gasteiger partial charge is 0.325 e. The smallest absolute Gasteiger partial charge is 0.256 e. The Hall–Kier alpha value is -2.73. The highest BCUT2D eigenvalue weighted by Crippen LogP contribution is 2.18. The van der Waals surface area contributed by atoms with Gasteiger partial charge in [-0.15, -0.1) is 0 Å². The summed E-state index contributed by atoms with van der Waals surface area (Å²) in [5.41, 5.74) is 1.21. The fraction of sp³-hybridized carbons (Fsp3) is 0.350. The highest BCUT2D eigenvalue weighted by molar-refractivity contribution is 6.03. The number of nitrogens with one attached hydrogen (secondary N) is 3. The minimum atomic E-state index is -0.211. The zero-order valence-electron chi connectivity index (χ0n) is 14.7. The minimum absolute atomic E-state index is 0.00593. The second-order valence-electron chi connectivity index (χ2n) is 6.53. The van der Waals surface area contributed by atoms with Crippen molar-refractivity contribution in [2.45, 2.75) is 25.7 Å². The van der Waals surface area contributed by atoms with Gasteiger partial charge in [-0.25, -0.2) is 4.98 Å². The molecule has 1 aromatic carbocycles. The fourth-order valence-corrected chi connectivity index (χ4v) is 3.05. The van der Waals surface area contributed by atoms with Crippen molar-refractivity contribution in [2.24, 2.45) is 5.92 Å². The molecule has 136 valence electrons. The summed E-state index contributed by atoms with van der Waals surface area (Å²) in [5.74, 6) is 0.880. The number of aromatic nitrogens is 1. The number of hydrogen-bond acceptors (Lipinski definition) is 4. The molecule has 2 amide bonds. The first-order chi connectivity index (χ1) is 12.7. The standard InChI is InChI=1S/C20H24N4O2/c25-19(9-6-15-10-12-21-13-11-15)23-17-7-8-18(22-14-17)24-20(26)16-4-2-1-3-5-16/h1-5,7-8,14-15,21H,6,9-13H2,(H,23,25)(H,22,24,26). The maximum absolute atomic E-state index is 12.1. The van der Waals surface area contributed by atoms with Crippen molar-refractivity contribution in [1.29, 1.82) is 0 Å². The lowest BCUT2D eigenvalue weighted by molar-refractivity contribution is -0.116. The van der Waals surface area contributed by atoms with Crippen LogP contribution in [0, 0.1) is 5.92 Å². The lowest BCUT2D eigenvalue weighted by Crippen LogP contribution is -2.28. The van der Waals surface area contributed by atoms with Crippen LogP contribution in [0.1, 0.15) is 36.0 Å². The Balaban J connectivity index is 1.46. The Labute approximate surface area is 153 Å². The van der Waals surface area contributed by atoms with E-state index in [1.54, 1.807) is 30.5 Å². The van der Waals surface area contributed by atoms with E-state index in [2.05, 4.69) is 20.9 Å². The quantitative estimate of drug-likeness (QED) is 0.746. The van der Waals surface area contributed by atoms with Gasteiger partial charge >= 0.3 is 0 Å². The van der Waals surface area contributed by atoms with Gasteiger partial charge in [0.25, 0.3) is 5.91 Å². The van der Waals surface area contributed by atoms with Gasteiger partial charge in [-0.05, 0) is 62.5 Å². The van der Waals surface area contributed by atoms with E-state index in [4.69, 9.17) is 0 Å². The Morgan fingerprint density at radius 2 is 1.81 bits per heavy atom. The summed E-state index contributed by atoms with van der Waals surface area (Å²) in [5, 5.41) is 8.93. The van der Waals surface area contributed by atoms with Crippen LogP contribution < -0.4 is 16.0 Å². The first kappa shape index (κ1) is 18.1. The molecule has 0 radical (unpaired) electrons. The van der Waals surface area contributed by atoms with Gasteiger partial charge in [-0.1, -0.05) is 18.2 Å². The number of carbonyl (C=O) groups excluding carboxylic acids is 2. The zero-order valence-corrected chi connectivity index (χ0v) is 14.7. The number of amides is 2. The predicted molar refractivity (Wildman–Crippen MR) is 102 cm³/mol. The molecule has 0 saturated carbocycles. The van der Waals surface area contributed by atoms with Crippen molar-refractivity contribution in [3.05, 3.63) is 54.2 Å². The van der Waals surface area contributed by atoms with E-state index < -0.39 is 0 Å². The molecule has 0 atom stereocenters. The molecule has 0 spiro atoms. The summed E-state index contributed by atoms with van der Waals surface area (Å²) >= 11 is 0. The topological polar surface area (TPSA) is 83.1 Å². The molecule has 6 nitrogen and oxygen atoms in total. The lowest BCUT2D eigenvalue weighted by Gasteiger charge is -2.22. The molecular weight excluding hydrogens is 328 g/mol. The maximum atomic E-state index is 12.1. The summed E-state index contributed by atoms with van der Waals surface area (Å²) in [6, 6.07) is 12.4. The van der Waals surface area contributed by atoms with Gasteiger partial charge in [0, 0.05) is 12.0 Å². The van der Waals surface area contributed by atoms with Crippen molar-refractivity contribution in [3.63, 3.8) is 0 Å². The average Bonchev–Trinajstić information content (AvgIpc) is 2.69. The second-order valence-corrected chi connectivity index (χ2v) is 6.53. The van der Waals surface area contributed by atoms with Crippen LogP contribution in [0.15, 0.2) is 48.7 Å². The molecule has 0 unspecified atom stereocenters. The monoisotopic (exact) mass is 352 g/mol. The summed E-state index contributed by atoms with van der Waals surface area (Å²) < 4.78 is 0. The van der Waals surface area contributed by atoms with E-state index in [-0.39, 0.29) is 11.8 Å². The third kappa shape index (κ3) is 5.39. The van der Waals surface area contributed by atoms with Crippen molar-refractivity contribution < 1.29 is 9.59 Å². The van der Waals surface area contributed by atoms with E-state index in [1.165, 1.54) is 0 Å². The number of piperidine rings is 1. The van der Waals surface area contributed by atoms with Gasteiger partial charge in [0.15, 0.2) is 0 Å². The van der Waals surface area contributed by atoms with Crippen molar-refractivity contribution in [1.82, 2.24) is 10.3 Å². The van der Waals surface area contributed by atoms with Gasteiger partial charge in [-0.2, -0.15) is 0 Å². The Morgan fingerprint density at radius 3 is 2.50 bits per heavy atom. The van der Waals surface area contributed by atoms with Crippen molar-refractivity contribution in [3.8, 4) is 0 Å². The Bertz CT molecular complexity index is 725. The summed E-state index contributed by atoms with van der Waals surface area (Å²) in [4.78, 5) is 28.4. The van der Waals surface area contributed by atoms with Crippen LogP contribution >= 0.6 is 0 Å². The molecule has 1 fully saturated rings. The molecule has 0 bridgehead atoms. The SMILES string of the molecule is O=C(CCC1CCNCC1)Nc1ccc(NC(=O)c2ccccc2)nc1. The van der Waals surface area contributed by atoms with Crippen LogP contribution in [0.25, 0.3) is 0 Å².